The molecular formula is C31H24ClN3O3. The molecule has 0 aliphatic heterocycles. The van der Waals surface area contributed by atoms with Crippen molar-refractivity contribution in [3.05, 3.63) is 125 Å². The van der Waals surface area contributed by atoms with Crippen LogP contribution in [-0.4, -0.2) is 33.1 Å². The van der Waals surface area contributed by atoms with Gasteiger partial charge >= 0.3 is 5.97 Å². The van der Waals surface area contributed by atoms with Crippen molar-refractivity contribution in [2.24, 2.45) is 0 Å². The summed E-state index contributed by atoms with van der Waals surface area (Å²) in [6.45, 7) is 3.56. The van der Waals surface area contributed by atoms with E-state index in [1.165, 1.54) is 0 Å². The van der Waals surface area contributed by atoms with Gasteiger partial charge in [-0.3, -0.25) is 4.79 Å². The molecule has 5 rings (SSSR count). The van der Waals surface area contributed by atoms with Gasteiger partial charge in [-0.25, -0.2) is 14.5 Å². The molecule has 7 heteroatoms. The SMILES string of the molecule is Cc1cccc(-n2nc(C(=O)OCC(=O)c3ccc(-c4ccccc4)cc3)nc2-c2cccc(Cl)c2)c1C. The Morgan fingerprint density at radius 3 is 2.24 bits per heavy atom. The summed E-state index contributed by atoms with van der Waals surface area (Å²) in [5.74, 6) is -0.808. The lowest BCUT2D eigenvalue weighted by molar-refractivity contribution is 0.0462. The molecule has 0 spiro atoms. The molecule has 4 aromatic carbocycles. The Balaban J connectivity index is 1.37. The van der Waals surface area contributed by atoms with Gasteiger partial charge in [0.15, 0.2) is 18.2 Å². The van der Waals surface area contributed by atoms with E-state index in [1.54, 1.807) is 35.0 Å². The van der Waals surface area contributed by atoms with Gasteiger partial charge in [0, 0.05) is 16.1 Å². The topological polar surface area (TPSA) is 74.1 Å². The van der Waals surface area contributed by atoms with Gasteiger partial charge in [-0.2, -0.15) is 0 Å². The Kier molecular flexibility index (Phi) is 7.15. The summed E-state index contributed by atoms with van der Waals surface area (Å²) in [6.07, 6.45) is 0. The number of esters is 1. The standard InChI is InChI=1S/C31H24ClN3O3/c1-20-8-6-13-27(21(20)2)35-30(25-11-7-12-26(32)18-25)33-29(34-35)31(37)38-19-28(36)24-16-14-23(15-17-24)22-9-4-3-5-10-22/h3-18H,19H2,1-2H3. The summed E-state index contributed by atoms with van der Waals surface area (Å²) in [6, 6.07) is 30.1. The number of carbonyl (C=O) groups is 2. The first-order valence-electron chi connectivity index (χ1n) is 12.1. The molecular weight excluding hydrogens is 498 g/mol. The lowest BCUT2D eigenvalue weighted by atomic mass is 10.0. The van der Waals surface area contributed by atoms with Crippen LogP contribution in [0, 0.1) is 13.8 Å². The first kappa shape index (κ1) is 25.1. The van der Waals surface area contributed by atoms with Gasteiger partial charge in [-0.1, -0.05) is 90.5 Å². The normalized spacial score (nSPS) is 10.8. The van der Waals surface area contributed by atoms with Crippen LogP contribution in [0.15, 0.2) is 97.1 Å². The summed E-state index contributed by atoms with van der Waals surface area (Å²) >= 11 is 6.22. The number of aryl methyl sites for hydroxylation is 1. The second kappa shape index (κ2) is 10.8. The fourth-order valence-corrected chi connectivity index (χ4v) is 4.29. The number of ketones is 1. The Hall–Kier alpha value is -4.55. The monoisotopic (exact) mass is 521 g/mol. The number of carbonyl (C=O) groups excluding carboxylic acids is 2. The predicted octanol–water partition coefficient (Wildman–Crippen LogP) is 6.91. The first-order valence-corrected chi connectivity index (χ1v) is 12.4. The molecule has 0 radical (unpaired) electrons. The van der Waals surface area contributed by atoms with Gasteiger partial charge in [-0.15, -0.1) is 5.10 Å². The summed E-state index contributed by atoms with van der Waals surface area (Å²) < 4.78 is 6.93. The highest BCUT2D eigenvalue weighted by Gasteiger charge is 2.22. The van der Waals surface area contributed by atoms with E-state index in [9.17, 15) is 9.59 Å². The van der Waals surface area contributed by atoms with E-state index in [2.05, 4.69) is 10.1 Å². The van der Waals surface area contributed by atoms with Crippen LogP contribution in [0.25, 0.3) is 28.2 Å². The van der Waals surface area contributed by atoms with E-state index in [0.717, 1.165) is 27.9 Å². The van der Waals surface area contributed by atoms with E-state index in [-0.39, 0.29) is 11.6 Å². The van der Waals surface area contributed by atoms with Gasteiger partial charge < -0.3 is 4.74 Å². The van der Waals surface area contributed by atoms with Crippen molar-refractivity contribution >= 4 is 23.4 Å². The highest BCUT2D eigenvalue weighted by Crippen LogP contribution is 2.27. The van der Waals surface area contributed by atoms with Gasteiger partial charge in [0.2, 0.25) is 0 Å². The number of ether oxygens (including phenoxy) is 1. The largest absolute Gasteiger partial charge is 0.451 e. The molecule has 188 valence electrons. The molecule has 0 bridgehead atoms. The van der Waals surface area contributed by atoms with E-state index in [4.69, 9.17) is 16.3 Å². The Bertz CT molecular complexity index is 1630. The maximum atomic E-state index is 12.9. The maximum absolute atomic E-state index is 12.9. The number of halogens is 1. The summed E-state index contributed by atoms with van der Waals surface area (Å²) in [4.78, 5) is 30.1. The van der Waals surface area contributed by atoms with Crippen molar-refractivity contribution in [3.63, 3.8) is 0 Å². The quantitative estimate of drug-likeness (QED) is 0.172. The Morgan fingerprint density at radius 1 is 0.816 bits per heavy atom. The zero-order valence-electron chi connectivity index (χ0n) is 20.9. The second-order valence-electron chi connectivity index (χ2n) is 8.84. The molecule has 5 aromatic rings. The minimum absolute atomic E-state index is 0.145. The van der Waals surface area contributed by atoms with Crippen LogP contribution in [0.3, 0.4) is 0 Å². The molecule has 6 nitrogen and oxygen atoms in total. The number of aromatic nitrogens is 3. The summed E-state index contributed by atoms with van der Waals surface area (Å²) in [5.41, 5.74) is 6.04. The minimum Gasteiger partial charge on any atom is -0.451 e. The van der Waals surface area contributed by atoms with Gasteiger partial charge in [0.05, 0.1) is 5.69 Å². The second-order valence-corrected chi connectivity index (χ2v) is 9.28. The Labute approximate surface area is 225 Å². The highest BCUT2D eigenvalue weighted by molar-refractivity contribution is 6.30. The van der Waals surface area contributed by atoms with Crippen molar-refractivity contribution in [3.8, 4) is 28.2 Å². The number of rotatable bonds is 7. The first-order chi connectivity index (χ1) is 18.4. The number of hydrogen-bond acceptors (Lipinski definition) is 5. The van der Waals surface area contributed by atoms with E-state index < -0.39 is 12.6 Å². The third kappa shape index (κ3) is 5.26. The van der Waals surface area contributed by atoms with Crippen molar-refractivity contribution < 1.29 is 14.3 Å². The lowest BCUT2D eigenvalue weighted by Gasteiger charge is -2.11. The number of hydrogen-bond donors (Lipinski definition) is 0. The average molecular weight is 522 g/mol. The molecule has 0 N–H and O–H groups in total. The van der Waals surface area contributed by atoms with Crippen LogP contribution >= 0.6 is 11.6 Å². The molecule has 0 saturated heterocycles. The minimum atomic E-state index is -0.786. The van der Waals surface area contributed by atoms with E-state index >= 15 is 0 Å². The van der Waals surface area contributed by atoms with E-state index in [0.29, 0.717) is 22.0 Å². The summed E-state index contributed by atoms with van der Waals surface area (Å²) in [5, 5.41) is 4.99. The van der Waals surface area contributed by atoms with Crippen LogP contribution < -0.4 is 0 Å². The molecule has 0 aliphatic rings. The van der Waals surface area contributed by atoms with Crippen molar-refractivity contribution in [1.29, 1.82) is 0 Å². The highest BCUT2D eigenvalue weighted by atomic mass is 35.5. The molecule has 1 heterocycles. The zero-order valence-corrected chi connectivity index (χ0v) is 21.6. The zero-order chi connectivity index (χ0) is 26.6. The van der Waals surface area contributed by atoms with Crippen molar-refractivity contribution in [1.82, 2.24) is 14.8 Å². The number of benzene rings is 4. The van der Waals surface area contributed by atoms with Gasteiger partial charge in [0.1, 0.15) is 0 Å². The Morgan fingerprint density at radius 2 is 1.50 bits per heavy atom. The fraction of sp³-hybridized carbons (Fsp3) is 0.0968. The van der Waals surface area contributed by atoms with Gasteiger partial charge in [-0.05, 0) is 54.3 Å². The molecule has 0 fully saturated rings. The van der Waals surface area contributed by atoms with Crippen molar-refractivity contribution in [2.75, 3.05) is 6.61 Å². The number of Topliss-reactive ketones (excluding diaryl/α,β-unsaturated/α-hetero) is 1. The van der Waals surface area contributed by atoms with Crippen LogP contribution in [-0.2, 0) is 4.74 Å². The van der Waals surface area contributed by atoms with Gasteiger partial charge in [0.25, 0.3) is 5.82 Å². The fourth-order valence-electron chi connectivity index (χ4n) is 4.10. The smallest absolute Gasteiger partial charge is 0.378 e. The average Bonchev–Trinajstić information content (AvgIpc) is 3.39. The molecule has 38 heavy (non-hydrogen) atoms. The molecule has 1 aromatic heterocycles. The molecule has 0 aliphatic carbocycles. The predicted molar refractivity (Wildman–Crippen MR) is 148 cm³/mol. The molecule has 0 amide bonds. The van der Waals surface area contributed by atoms with E-state index in [1.807, 2.05) is 80.6 Å². The third-order valence-corrected chi connectivity index (χ3v) is 6.56. The van der Waals surface area contributed by atoms with Crippen LogP contribution in [0.5, 0.6) is 0 Å². The number of nitrogens with zero attached hydrogens (tertiary/aromatic N) is 3. The van der Waals surface area contributed by atoms with Crippen LogP contribution in [0.2, 0.25) is 5.02 Å². The summed E-state index contributed by atoms with van der Waals surface area (Å²) in [7, 11) is 0. The van der Waals surface area contributed by atoms with Crippen LogP contribution in [0.4, 0.5) is 0 Å². The maximum Gasteiger partial charge on any atom is 0.378 e. The lowest BCUT2D eigenvalue weighted by Crippen LogP contribution is -2.15. The molecule has 0 saturated carbocycles. The third-order valence-electron chi connectivity index (χ3n) is 6.33. The van der Waals surface area contributed by atoms with Crippen LogP contribution in [0.1, 0.15) is 32.1 Å². The molecule has 0 unspecified atom stereocenters. The molecule has 0 atom stereocenters. The van der Waals surface area contributed by atoms with Crippen molar-refractivity contribution in [2.45, 2.75) is 13.8 Å².